The lowest BCUT2D eigenvalue weighted by atomic mass is 9.82. The molecule has 0 aromatic heterocycles. The molecule has 17 heavy (non-hydrogen) atoms. The predicted octanol–water partition coefficient (Wildman–Crippen LogP) is 3.75. The van der Waals surface area contributed by atoms with Crippen molar-refractivity contribution in [3.8, 4) is 0 Å². The first-order chi connectivity index (χ1) is 7.81. The number of hydrogen-bond donors (Lipinski definition) is 1. The quantitative estimate of drug-likeness (QED) is 0.819. The summed E-state index contributed by atoms with van der Waals surface area (Å²) in [7, 11) is 0. The molecule has 1 rings (SSSR count). The molecule has 0 spiro atoms. The molecule has 0 amide bonds. The van der Waals surface area contributed by atoms with Gasteiger partial charge in [-0.1, -0.05) is 37.7 Å². The number of hydrogen-bond acceptors (Lipinski definition) is 2. The van der Waals surface area contributed by atoms with Crippen LogP contribution in [0.5, 0.6) is 0 Å². The number of thioether (sulfide) groups is 1. The van der Waals surface area contributed by atoms with E-state index in [1.54, 1.807) is 24.3 Å². The van der Waals surface area contributed by atoms with E-state index in [1.807, 2.05) is 13.8 Å². The highest BCUT2D eigenvalue weighted by atomic mass is 32.2. The molecular weight excluding hydrogens is 246 g/mol. The number of benzene rings is 1. The predicted molar refractivity (Wildman–Crippen MR) is 63.6 cm³/mol. The molecule has 0 aliphatic rings. The summed E-state index contributed by atoms with van der Waals surface area (Å²) < 4.78 is 24.2. The van der Waals surface area contributed by atoms with Crippen molar-refractivity contribution in [2.24, 2.45) is 0 Å². The van der Waals surface area contributed by atoms with Crippen LogP contribution in [0.15, 0.2) is 29.2 Å². The standard InChI is InChI=1S/C12H14F2O2S/c1-12(2,7-10(15)16)8-3-5-9(6-4-8)17-11(13)14/h3-6,11H,7H2,1-2H3,(H,15,16). The highest BCUT2D eigenvalue weighted by molar-refractivity contribution is 7.99. The molecule has 0 heterocycles. The van der Waals surface area contributed by atoms with Crippen LogP contribution in [0.25, 0.3) is 0 Å². The zero-order valence-electron chi connectivity index (χ0n) is 9.61. The smallest absolute Gasteiger partial charge is 0.304 e. The molecule has 0 saturated heterocycles. The van der Waals surface area contributed by atoms with Crippen molar-refractivity contribution >= 4 is 17.7 Å². The molecule has 0 radical (unpaired) electrons. The minimum Gasteiger partial charge on any atom is -0.481 e. The summed E-state index contributed by atoms with van der Waals surface area (Å²) in [5.74, 6) is -3.31. The van der Waals surface area contributed by atoms with Gasteiger partial charge in [0.15, 0.2) is 0 Å². The molecule has 0 aliphatic heterocycles. The Morgan fingerprint density at radius 2 is 1.88 bits per heavy atom. The lowest BCUT2D eigenvalue weighted by Crippen LogP contribution is -2.21. The minimum absolute atomic E-state index is 0.00827. The summed E-state index contributed by atoms with van der Waals surface area (Å²) in [6, 6.07) is 6.59. The normalized spacial score (nSPS) is 11.8. The maximum absolute atomic E-state index is 12.1. The van der Waals surface area contributed by atoms with Crippen molar-refractivity contribution in [3.63, 3.8) is 0 Å². The van der Waals surface area contributed by atoms with Gasteiger partial charge >= 0.3 is 5.97 Å². The first kappa shape index (κ1) is 14.0. The highest BCUT2D eigenvalue weighted by Gasteiger charge is 2.23. The van der Waals surface area contributed by atoms with Crippen molar-refractivity contribution in [1.29, 1.82) is 0 Å². The van der Waals surface area contributed by atoms with E-state index >= 15 is 0 Å². The first-order valence-electron chi connectivity index (χ1n) is 5.08. The Labute approximate surface area is 103 Å². The largest absolute Gasteiger partial charge is 0.481 e. The summed E-state index contributed by atoms with van der Waals surface area (Å²) in [6.07, 6.45) is 0.00827. The Bertz CT molecular complexity index is 388. The van der Waals surface area contributed by atoms with E-state index in [4.69, 9.17) is 5.11 Å². The third-order valence-electron chi connectivity index (χ3n) is 2.45. The molecule has 94 valence electrons. The molecule has 1 aromatic carbocycles. The molecule has 0 saturated carbocycles. The minimum atomic E-state index is -2.44. The van der Waals surface area contributed by atoms with Gasteiger partial charge in [-0.2, -0.15) is 8.78 Å². The zero-order chi connectivity index (χ0) is 13.1. The Morgan fingerprint density at radius 1 is 1.35 bits per heavy atom. The van der Waals surface area contributed by atoms with Crippen molar-refractivity contribution in [1.82, 2.24) is 0 Å². The van der Waals surface area contributed by atoms with Crippen LogP contribution >= 0.6 is 11.8 Å². The van der Waals surface area contributed by atoms with E-state index in [2.05, 4.69) is 0 Å². The molecule has 0 bridgehead atoms. The van der Waals surface area contributed by atoms with Gasteiger partial charge in [0.25, 0.3) is 5.76 Å². The van der Waals surface area contributed by atoms with Gasteiger partial charge < -0.3 is 5.11 Å². The number of rotatable bonds is 5. The van der Waals surface area contributed by atoms with Crippen LogP contribution in [0.4, 0.5) is 8.78 Å². The molecule has 0 atom stereocenters. The van der Waals surface area contributed by atoms with Crippen LogP contribution in [0.1, 0.15) is 25.8 Å². The summed E-state index contributed by atoms with van der Waals surface area (Å²) in [5, 5.41) is 8.78. The lowest BCUT2D eigenvalue weighted by Gasteiger charge is -2.23. The Kier molecular flexibility index (Phi) is 4.51. The second-order valence-corrected chi connectivity index (χ2v) is 5.42. The first-order valence-corrected chi connectivity index (χ1v) is 5.96. The molecule has 0 fully saturated rings. The molecule has 0 aliphatic carbocycles. The number of carboxylic acids is 1. The van der Waals surface area contributed by atoms with Crippen molar-refractivity contribution in [2.75, 3.05) is 0 Å². The fraction of sp³-hybridized carbons (Fsp3) is 0.417. The van der Waals surface area contributed by atoms with Crippen molar-refractivity contribution in [3.05, 3.63) is 29.8 Å². The number of carbonyl (C=O) groups is 1. The van der Waals surface area contributed by atoms with Gasteiger partial charge in [-0.15, -0.1) is 0 Å². The van der Waals surface area contributed by atoms with Crippen LogP contribution in [0, 0.1) is 0 Å². The second kappa shape index (κ2) is 5.49. The third-order valence-corrected chi connectivity index (χ3v) is 3.18. The van der Waals surface area contributed by atoms with Crippen LogP contribution in [0.2, 0.25) is 0 Å². The van der Waals surface area contributed by atoms with E-state index < -0.39 is 17.1 Å². The Morgan fingerprint density at radius 3 is 2.29 bits per heavy atom. The van der Waals surface area contributed by atoms with E-state index in [9.17, 15) is 13.6 Å². The van der Waals surface area contributed by atoms with Crippen LogP contribution in [-0.2, 0) is 10.2 Å². The average molecular weight is 260 g/mol. The number of carboxylic acid groups (broad SMARTS) is 1. The summed E-state index contributed by atoms with van der Waals surface area (Å²) in [4.78, 5) is 11.2. The maximum atomic E-state index is 12.1. The fourth-order valence-electron chi connectivity index (χ4n) is 1.57. The summed E-state index contributed by atoms with van der Waals surface area (Å²) in [6.45, 7) is 3.63. The molecular formula is C12H14F2O2S. The fourth-order valence-corrected chi connectivity index (χ4v) is 2.07. The van der Waals surface area contributed by atoms with Crippen molar-refractivity contribution < 1.29 is 18.7 Å². The SMILES string of the molecule is CC(C)(CC(=O)O)c1ccc(SC(F)F)cc1. The van der Waals surface area contributed by atoms with Gasteiger partial charge in [0.2, 0.25) is 0 Å². The third kappa shape index (κ3) is 4.34. The lowest BCUT2D eigenvalue weighted by molar-refractivity contribution is -0.138. The van der Waals surface area contributed by atoms with Gasteiger partial charge in [-0.3, -0.25) is 4.79 Å². The second-order valence-electron chi connectivity index (χ2n) is 4.36. The monoisotopic (exact) mass is 260 g/mol. The van der Waals surface area contributed by atoms with Gasteiger partial charge in [-0.25, -0.2) is 0 Å². The van der Waals surface area contributed by atoms with Gasteiger partial charge in [0.1, 0.15) is 0 Å². The van der Waals surface area contributed by atoms with Crippen LogP contribution < -0.4 is 0 Å². The highest BCUT2D eigenvalue weighted by Crippen LogP contribution is 2.30. The van der Waals surface area contributed by atoms with E-state index in [0.717, 1.165) is 5.56 Å². The summed E-state index contributed by atoms with van der Waals surface area (Å²) >= 11 is 0.482. The maximum Gasteiger partial charge on any atom is 0.304 e. The van der Waals surface area contributed by atoms with Crippen LogP contribution in [0.3, 0.4) is 0 Å². The Balaban J connectivity index is 2.82. The van der Waals surface area contributed by atoms with E-state index in [1.165, 1.54) is 0 Å². The average Bonchev–Trinajstić information content (AvgIpc) is 2.15. The molecule has 1 N–H and O–H groups in total. The van der Waals surface area contributed by atoms with E-state index in [0.29, 0.717) is 16.7 Å². The molecule has 2 nitrogen and oxygen atoms in total. The van der Waals surface area contributed by atoms with Gasteiger partial charge in [0.05, 0.1) is 6.42 Å². The summed E-state index contributed by atoms with van der Waals surface area (Å²) in [5.41, 5.74) is 0.332. The number of aliphatic carboxylic acids is 1. The molecule has 1 aromatic rings. The molecule has 0 unspecified atom stereocenters. The van der Waals surface area contributed by atoms with Gasteiger partial charge in [0, 0.05) is 10.3 Å². The van der Waals surface area contributed by atoms with E-state index in [-0.39, 0.29) is 6.42 Å². The Hall–Kier alpha value is -1.10. The molecule has 5 heteroatoms. The topological polar surface area (TPSA) is 37.3 Å². The zero-order valence-corrected chi connectivity index (χ0v) is 10.4. The number of alkyl halides is 2. The number of halogens is 2. The van der Waals surface area contributed by atoms with Gasteiger partial charge in [-0.05, 0) is 17.7 Å². The van der Waals surface area contributed by atoms with Crippen LogP contribution in [-0.4, -0.2) is 16.8 Å². The van der Waals surface area contributed by atoms with Crippen molar-refractivity contribution in [2.45, 2.75) is 36.3 Å².